The molecule has 1 heterocycles. The summed E-state index contributed by atoms with van der Waals surface area (Å²) in [6, 6.07) is 1.99. The molecule has 24 heteroatoms. The van der Waals surface area contributed by atoms with Crippen LogP contribution in [0.1, 0.15) is 64.9 Å². The van der Waals surface area contributed by atoms with Crippen LogP contribution in [0.15, 0.2) is 36.4 Å². The zero-order valence-electron chi connectivity index (χ0n) is 38.1. The number of nitrogens with one attached hydrogen (secondary N) is 6. The highest BCUT2D eigenvalue weighted by molar-refractivity contribution is 6.13. The molecule has 0 spiro atoms. The number of nitrogens with zero attached hydrogens (tertiary/aromatic N) is 1. The predicted octanol–water partition coefficient (Wildman–Crippen LogP) is -1.00. The van der Waals surface area contributed by atoms with Crippen LogP contribution in [0.25, 0.3) is 0 Å². The number of hydrogen-bond acceptors (Lipinski definition) is 15. The quantitative estimate of drug-likeness (QED) is 0.0230. The second kappa shape index (κ2) is 32.2. The number of benzene rings is 1. The summed E-state index contributed by atoms with van der Waals surface area (Å²) in [5.41, 5.74) is 6.20. The fourth-order valence-corrected chi connectivity index (χ4v) is 5.88. The van der Waals surface area contributed by atoms with Gasteiger partial charge in [0.15, 0.2) is 0 Å². The maximum atomic E-state index is 13.7. The number of carbonyl (C=O) groups is 10. The smallest absolute Gasteiger partial charge is 0.312 e. The van der Waals surface area contributed by atoms with Crippen molar-refractivity contribution in [2.75, 3.05) is 77.8 Å². The Bertz CT molecular complexity index is 1830. The van der Waals surface area contributed by atoms with Gasteiger partial charge in [0.2, 0.25) is 29.5 Å². The van der Waals surface area contributed by atoms with Gasteiger partial charge in [0.05, 0.1) is 52.9 Å². The molecule has 0 saturated heterocycles. The molecule has 0 bridgehead atoms. The van der Waals surface area contributed by atoms with Crippen molar-refractivity contribution in [2.45, 2.75) is 84.0 Å². The molecule has 9 N–H and O–H groups in total. The van der Waals surface area contributed by atoms with Crippen LogP contribution in [0, 0.1) is 5.92 Å². The van der Waals surface area contributed by atoms with Crippen molar-refractivity contribution in [3.05, 3.63) is 42.0 Å². The highest BCUT2D eigenvalue weighted by Gasteiger charge is 2.32. The van der Waals surface area contributed by atoms with Crippen molar-refractivity contribution in [3.63, 3.8) is 0 Å². The first-order chi connectivity index (χ1) is 32.0. The van der Waals surface area contributed by atoms with Crippen LogP contribution in [-0.2, 0) is 73.4 Å². The second-order valence-electron chi connectivity index (χ2n) is 15.2. The van der Waals surface area contributed by atoms with Crippen LogP contribution in [0.5, 0.6) is 0 Å². The molecule has 9 amide bonds. The van der Waals surface area contributed by atoms with E-state index in [1.807, 2.05) is 0 Å². The maximum Gasteiger partial charge on any atom is 0.312 e. The van der Waals surface area contributed by atoms with Crippen molar-refractivity contribution >= 4 is 65.0 Å². The van der Waals surface area contributed by atoms with Gasteiger partial charge >= 0.3 is 18.0 Å². The van der Waals surface area contributed by atoms with Crippen LogP contribution < -0.4 is 37.6 Å². The van der Waals surface area contributed by atoms with Gasteiger partial charge in [-0.2, -0.15) is 0 Å². The molecule has 1 unspecified atom stereocenters. The minimum absolute atomic E-state index is 0.00191. The number of primary amides is 1. The number of hydrogen-bond donors (Lipinski definition) is 8. The average molecular weight is 949 g/mol. The standard InChI is InChI=1S/C43H64N8O16/c1-28(2)39(42(61)49-32(5-4-16-46-43(44)62)40(59)47-31-8-6-30(7-9-31)27-67-29(3)52)50-41(60)33(10-13-38(57)58)48-35(54)15-19-63-21-23-65-25-26-66-24-22-64-20-17-45-34(53)14-18-51-36(55)11-12-37(51)56/h6-9,11-12,28,32-33,39H,4-5,10,13-27H2,1-3H3,(H,45,53)(H,47,59)(H,48,54)(H,49,61)(H,50,60)(H,57,58)(H3,44,46,62)/t32-,33?,39-/m0/s1. The lowest BCUT2D eigenvalue weighted by atomic mass is 10.0. The summed E-state index contributed by atoms with van der Waals surface area (Å²) in [6.07, 6.45) is 1.67. The van der Waals surface area contributed by atoms with Crippen LogP contribution in [0.4, 0.5) is 10.5 Å². The molecule has 3 atom stereocenters. The van der Waals surface area contributed by atoms with E-state index in [1.165, 1.54) is 6.92 Å². The zero-order chi connectivity index (χ0) is 49.6. The van der Waals surface area contributed by atoms with Gasteiger partial charge in [-0.25, -0.2) is 4.79 Å². The number of imide groups is 1. The number of amides is 9. The van der Waals surface area contributed by atoms with Gasteiger partial charge in [-0.3, -0.25) is 48.1 Å². The van der Waals surface area contributed by atoms with E-state index in [0.29, 0.717) is 11.3 Å². The highest BCUT2D eigenvalue weighted by Crippen LogP contribution is 2.13. The van der Waals surface area contributed by atoms with Gasteiger partial charge in [0.25, 0.3) is 11.8 Å². The van der Waals surface area contributed by atoms with E-state index in [4.69, 9.17) is 29.4 Å². The summed E-state index contributed by atoms with van der Waals surface area (Å²) in [7, 11) is 0. The summed E-state index contributed by atoms with van der Waals surface area (Å²) in [5.74, 6) is -6.17. The lowest BCUT2D eigenvalue weighted by Crippen LogP contribution is -2.58. The Morgan fingerprint density at radius 1 is 0.657 bits per heavy atom. The molecule has 1 aliphatic heterocycles. The van der Waals surface area contributed by atoms with E-state index in [9.17, 15) is 53.1 Å². The summed E-state index contributed by atoms with van der Waals surface area (Å²) in [4.78, 5) is 123. The largest absolute Gasteiger partial charge is 0.481 e. The highest BCUT2D eigenvalue weighted by atomic mass is 16.6. The molecule has 0 aliphatic carbocycles. The minimum atomic E-state index is -1.33. The Kier molecular flexibility index (Phi) is 27.2. The predicted molar refractivity (Wildman–Crippen MR) is 236 cm³/mol. The van der Waals surface area contributed by atoms with Crippen molar-refractivity contribution < 1.29 is 76.7 Å². The number of rotatable bonds is 35. The third kappa shape index (κ3) is 25.1. The minimum Gasteiger partial charge on any atom is -0.481 e. The van der Waals surface area contributed by atoms with Crippen LogP contribution in [-0.4, -0.2) is 160 Å². The van der Waals surface area contributed by atoms with Gasteiger partial charge < -0.3 is 66.4 Å². The number of carboxylic acids is 1. The number of carbonyl (C=O) groups excluding carboxylic acids is 9. The third-order valence-corrected chi connectivity index (χ3v) is 9.43. The van der Waals surface area contributed by atoms with Crippen LogP contribution in [0.3, 0.4) is 0 Å². The Morgan fingerprint density at radius 2 is 1.24 bits per heavy atom. The first kappa shape index (κ1) is 56.6. The van der Waals surface area contributed by atoms with Crippen molar-refractivity contribution in [1.29, 1.82) is 0 Å². The number of aliphatic carboxylic acids is 1. The average Bonchev–Trinajstić information content (AvgIpc) is 3.60. The van der Waals surface area contributed by atoms with Gasteiger partial charge in [-0.15, -0.1) is 0 Å². The van der Waals surface area contributed by atoms with E-state index < -0.39 is 83.9 Å². The van der Waals surface area contributed by atoms with Gasteiger partial charge in [-0.05, 0) is 42.9 Å². The summed E-state index contributed by atoms with van der Waals surface area (Å²) in [5, 5.41) is 24.8. The molecule has 2 rings (SSSR count). The lowest BCUT2D eigenvalue weighted by molar-refractivity contribution is -0.142. The first-order valence-electron chi connectivity index (χ1n) is 21.8. The zero-order valence-corrected chi connectivity index (χ0v) is 38.1. The van der Waals surface area contributed by atoms with E-state index >= 15 is 0 Å². The van der Waals surface area contributed by atoms with Crippen molar-refractivity contribution in [1.82, 2.24) is 31.5 Å². The molecule has 67 heavy (non-hydrogen) atoms. The summed E-state index contributed by atoms with van der Waals surface area (Å²) < 4.78 is 26.7. The van der Waals surface area contributed by atoms with Gasteiger partial charge in [-0.1, -0.05) is 26.0 Å². The van der Waals surface area contributed by atoms with E-state index in [1.54, 1.807) is 38.1 Å². The van der Waals surface area contributed by atoms with E-state index in [2.05, 4.69) is 31.9 Å². The van der Waals surface area contributed by atoms with Crippen molar-refractivity contribution in [2.24, 2.45) is 11.7 Å². The second-order valence-corrected chi connectivity index (χ2v) is 15.2. The molecule has 372 valence electrons. The fraction of sp³-hybridized carbons (Fsp3) is 0.581. The number of esters is 1. The molecule has 24 nitrogen and oxygen atoms in total. The topological polar surface area (TPSA) is 339 Å². The van der Waals surface area contributed by atoms with Gasteiger partial charge in [0, 0.05) is 63.7 Å². The molecule has 0 saturated carbocycles. The van der Waals surface area contributed by atoms with Crippen LogP contribution >= 0.6 is 0 Å². The Hall–Kier alpha value is -6.50. The SMILES string of the molecule is CC(=O)OCc1ccc(NC(=O)[C@H](CCCNC(N)=O)NC(=O)[C@@H](NC(=O)C(CCC(=O)O)NC(=O)CCOCCOCCOCCOCCNC(=O)CCN2C(=O)C=CC2=O)C(C)C)cc1. The van der Waals surface area contributed by atoms with E-state index in [0.717, 1.165) is 17.1 Å². The molecule has 1 aliphatic rings. The van der Waals surface area contributed by atoms with E-state index in [-0.39, 0.29) is 117 Å². The molecule has 1 aromatic carbocycles. The molecule has 0 fully saturated rings. The fourth-order valence-electron chi connectivity index (χ4n) is 5.88. The molecule has 0 radical (unpaired) electrons. The Balaban J connectivity index is 1.75. The normalized spacial score (nSPS) is 13.3. The Labute approximate surface area is 388 Å². The molecule has 0 aromatic heterocycles. The van der Waals surface area contributed by atoms with Crippen LogP contribution in [0.2, 0.25) is 0 Å². The first-order valence-corrected chi connectivity index (χ1v) is 21.8. The molecular formula is C43H64N8O16. The number of nitrogens with two attached hydrogens (primary N) is 1. The molecule has 1 aromatic rings. The summed E-state index contributed by atoms with van der Waals surface area (Å²) in [6.45, 7) is 6.58. The summed E-state index contributed by atoms with van der Waals surface area (Å²) >= 11 is 0. The van der Waals surface area contributed by atoms with Crippen molar-refractivity contribution in [3.8, 4) is 0 Å². The number of carboxylic acid groups (broad SMARTS) is 1. The number of anilines is 1. The Morgan fingerprint density at radius 3 is 1.81 bits per heavy atom. The lowest BCUT2D eigenvalue weighted by Gasteiger charge is -2.27. The monoisotopic (exact) mass is 948 g/mol. The number of ether oxygens (including phenoxy) is 5. The maximum absolute atomic E-state index is 13.7. The number of urea groups is 1. The molecular weight excluding hydrogens is 885 g/mol. The third-order valence-electron chi connectivity index (χ3n) is 9.43. The van der Waals surface area contributed by atoms with Gasteiger partial charge in [0.1, 0.15) is 24.7 Å².